The van der Waals surface area contributed by atoms with E-state index in [4.69, 9.17) is 10.4 Å². The van der Waals surface area contributed by atoms with E-state index < -0.39 is 0 Å². The molecule has 0 heterocycles. The van der Waals surface area contributed by atoms with Gasteiger partial charge in [-0.1, -0.05) is 18.6 Å². The fourth-order valence-corrected chi connectivity index (χ4v) is 1.93. The Balaban J connectivity index is 2.49. The molecular weight excluding hydrogens is 252 g/mol. The van der Waals surface area contributed by atoms with Crippen molar-refractivity contribution < 1.29 is 9.90 Å². The third-order valence-electron chi connectivity index (χ3n) is 3.09. The molecule has 0 aliphatic carbocycles. The summed E-state index contributed by atoms with van der Waals surface area (Å²) >= 11 is 0. The van der Waals surface area contributed by atoms with Crippen LogP contribution in [0.25, 0.3) is 0 Å². The number of carbonyl (C=O) groups excluding carboxylic acids is 1. The van der Waals surface area contributed by atoms with Gasteiger partial charge in [-0.15, -0.1) is 0 Å². The fourth-order valence-electron chi connectivity index (χ4n) is 1.93. The molecule has 0 aliphatic heterocycles. The second-order valence-corrected chi connectivity index (χ2v) is 4.98. The first-order chi connectivity index (χ1) is 9.67. The standard InChI is InChI=1S/C16H22N2O2/c1-13(12-19)18-16(20)15-9-6-8-14(11-15)7-4-2-3-5-10-17/h6,8-9,11,13,19H,2-5,7,12H2,1H3,(H,18,20). The summed E-state index contributed by atoms with van der Waals surface area (Å²) < 4.78 is 0. The molecule has 0 aliphatic rings. The Labute approximate surface area is 120 Å². The van der Waals surface area contributed by atoms with Crippen molar-refractivity contribution in [1.29, 1.82) is 5.26 Å². The number of aliphatic hydroxyl groups excluding tert-OH is 1. The summed E-state index contributed by atoms with van der Waals surface area (Å²) in [6.07, 6.45) is 4.53. The van der Waals surface area contributed by atoms with Crippen LogP contribution in [0.5, 0.6) is 0 Å². The summed E-state index contributed by atoms with van der Waals surface area (Å²) in [5.41, 5.74) is 1.76. The van der Waals surface area contributed by atoms with Gasteiger partial charge >= 0.3 is 0 Å². The van der Waals surface area contributed by atoms with Gasteiger partial charge in [0.15, 0.2) is 0 Å². The molecule has 108 valence electrons. The first kappa shape index (κ1) is 16.2. The number of aryl methyl sites for hydroxylation is 1. The fraction of sp³-hybridized carbons (Fsp3) is 0.500. The lowest BCUT2D eigenvalue weighted by Crippen LogP contribution is -2.34. The Morgan fingerprint density at radius 3 is 2.90 bits per heavy atom. The summed E-state index contributed by atoms with van der Waals surface area (Å²) in [5, 5.41) is 20.1. The minimum absolute atomic E-state index is 0.0652. The summed E-state index contributed by atoms with van der Waals surface area (Å²) in [5.74, 6) is -0.155. The summed E-state index contributed by atoms with van der Waals surface area (Å²) in [7, 11) is 0. The molecule has 1 rings (SSSR count). The van der Waals surface area contributed by atoms with Gasteiger partial charge in [0, 0.05) is 18.0 Å². The lowest BCUT2D eigenvalue weighted by molar-refractivity contribution is 0.0922. The molecule has 1 amide bonds. The maximum atomic E-state index is 11.9. The number of carbonyl (C=O) groups is 1. The van der Waals surface area contributed by atoms with Crippen molar-refractivity contribution in [3.8, 4) is 6.07 Å². The number of nitrogens with zero attached hydrogens (tertiary/aromatic N) is 1. The third-order valence-corrected chi connectivity index (χ3v) is 3.09. The quantitative estimate of drug-likeness (QED) is 0.715. The predicted octanol–water partition coefficient (Wildman–Crippen LogP) is 2.42. The highest BCUT2D eigenvalue weighted by Crippen LogP contribution is 2.10. The first-order valence-electron chi connectivity index (χ1n) is 7.05. The average molecular weight is 274 g/mol. The van der Waals surface area contributed by atoms with Crippen molar-refractivity contribution in [2.24, 2.45) is 0 Å². The Hall–Kier alpha value is -1.86. The molecule has 0 fully saturated rings. The maximum absolute atomic E-state index is 11.9. The summed E-state index contributed by atoms with van der Waals surface area (Å²) in [6.45, 7) is 1.70. The number of nitriles is 1. The highest BCUT2D eigenvalue weighted by molar-refractivity contribution is 5.94. The second kappa shape index (κ2) is 9.11. The zero-order valence-corrected chi connectivity index (χ0v) is 11.9. The zero-order chi connectivity index (χ0) is 14.8. The van der Waals surface area contributed by atoms with Gasteiger partial charge in [0.1, 0.15) is 0 Å². The number of benzene rings is 1. The molecule has 0 saturated carbocycles. The van der Waals surface area contributed by atoms with Crippen LogP contribution in [0.2, 0.25) is 0 Å². The van der Waals surface area contributed by atoms with E-state index in [9.17, 15) is 4.79 Å². The maximum Gasteiger partial charge on any atom is 0.251 e. The van der Waals surface area contributed by atoms with E-state index in [-0.39, 0.29) is 18.6 Å². The number of unbranched alkanes of at least 4 members (excludes halogenated alkanes) is 3. The number of hydrogen-bond acceptors (Lipinski definition) is 3. The minimum atomic E-state index is -0.239. The molecule has 4 heteroatoms. The molecule has 0 spiro atoms. The molecule has 20 heavy (non-hydrogen) atoms. The molecule has 0 radical (unpaired) electrons. The SMILES string of the molecule is CC(CO)NC(=O)c1cccc(CCCCCC#N)c1. The molecule has 1 aromatic carbocycles. The van der Waals surface area contributed by atoms with Gasteiger partial charge in [-0.3, -0.25) is 4.79 Å². The third kappa shape index (κ3) is 5.85. The van der Waals surface area contributed by atoms with E-state index in [2.05, 4.69) is 11.4 Å². The molecule has 1 atom stereocenters. The van der Waals surface area contributed by atoms with Crippen molar-refractivity contribution in [3.05, 3.63) is 35.4 Å². The number of nitrogens with one attached hydrogen (secondary N) is 1. The van der Waals surface area contributed by atoms with Crippen LogP contribution in [0.3, 0.4) is 0 Å². The Kier molecular flexibility index (Phi) is 7.38. The van der Waals surface area contributed by atoms with Gasteiger partial charge in [-0.25, -0.2) is 0 Å². The molecule has 1 aromatic rings. The van der Waals surface area contributed by atoms with E-state index in [0.717, 1.165) is 31.2 Å². The van der Waals surface area contributed by atoms with Crippen LogP contribution in [0, 0.1) is 11.3 Å². The molecular formula is C16H22N2O2. The Morgan fingerprint density at radius 1 is 1.40 bits per heavy atom. The van der Waals surface area contributed by atoms with Crippen molar-refractivity contribution in [1.82, 2.24) is 5.32 Å². The van der Waals surface area contributed by atoms with Gasteiger partial charge in [-0.05, 0) is 43.9 Å². The highest BCUT2D eigenvalue weighted by Gasteiger charge is 2.09. The zero-order valence-electron chi connectivity index (χ0n) is 11.9. The summed E-state index contributed by atoms with van der Waals surface area (Å²) in [6, 6.07) is 9.46. The van der Waals surface area contributed by atoms with Crippen LogP contribution in [0.1, 0.15) is 48.5 Å². The Bertz CT molecular complexity index is 466. The van der Waals surface area contributed by atoms with Crippen LogP contribution in [-0.2, 0) is 6.42 Å². The number of amides is 1. The molecule has 0 aromatic heterocycles. The van der Waals surface area contributed by atoms with E-state index in [1.54, 1.807) is 13.0 Å². The van der Waals surface area contributed by atoms with E-state index in [1.807, 2.05) is 18.2 Å². The van der Waals surface area contributed by atoms with E-state index in [0.29, 0.717) is 12.0 Å². The van der Waals surface area contributed by atoms with Crippen LogP contribution < -0.4 is 5.32 Å². The normalized spacial score (nSPS) is 11.7. The van der Waals surface area contributed by atoms with Crippen molar-refractivity contribution in [2.45, 2.75) is 45.1 Å². The highest BCUT2D eigenvalue weighted by atomic mass is 16.3. The van der Waals surface area contributed by atoms with Gasteiger partial charge in [0.05, 0.1) is 12.7 Å². The van der Waals surface area contributed by atoms with Crippen molar-refractivity contribution in [3.63, 3.8) is 0 Å². The van der Waals surface area contributed by atoms with Gasteiger partial charge < -0.3 is 10.4 Å². The number of hydrogen-bond donors (Lipinski definition) is 2. The average Bonchev–Trinajstić information content (AvgIpc) is 2.47. The second-order valence-electron chi connectivity index (χ2n) is 4.98. The molecule has 4 nitrogen and oxygen atoms in total. The monoisotopic (exact) mass is 274 g/mol. The van der Waals surface area contributed by atoms with Crippen molar-refractivity contribution >= 4 is 5.91 Å². The smallest absolute Gasteiger partial charge is 0.251 e. The predicted molar refractivity (Wildman–Crippen MR) is 78.2 cm³/mol. The van der Waals surface area contributed by atoms with Crippen LogP contribution >= 0.6 is 0 Å². The molecule has 0 saturated heterocycles. The minimum Gasteiger partial charge on any atom is -0.394 e. The van der Waals surface area contributed by atoms with E-state index in [1.165, 1.54) is 0 Å². The number of aliphatic hydroxyl groups is 1. The molecule has 0 bridgehead atoms. The topological polar surface area (TPSA) is 73.1 Å². The van der Waals surface area contributed by atoms with Gasteiger partial charge in [0.25, 0.3) is 5.91 Å². The Morgan fingerprint density at radius 2 is 2.20 bits per heavy atom. The van der Waals surface area contributed by atoms with E-state index >= 15 is 0 Å². The first-order valence-corrected chi connectivity index (χ1v) is 7.05. The largest absolute Gasteiger partial charge is 0.394 e. The van der Waals surface area contributed by atoms with Gasteiger partial charge in [0.2, 0.25) is 0 Å². The number of rotatable bonds is 8. The summed E-state index contributed by atoms with van der Waals surface area (Å²) in [4.78, 5) is 11.9. The lowest BCUT2D eigenvalue weighted by Gasteiger charge is -2.11. The van der Waals surface area contributed by atoms with Crippen molar-refractivity contribution in [2.75, 3.05) is 6.61 Å². The van der Waals surface area contributed by atoms with Crippen LogP contribution in [0.4, 0.5) is 0 Å². The lowest BCUT2D eigenvalue weighted by atomic mass is 10.0. The molecule has 1 unspecified atom stereocenters. The van der Waals surface area contributed by atoms with Crippen LogP contribution in [0.15, 0.2) is 24.3 Å². The molecule has 2 N–H and O–H groups in total. The van der Waals surface area contributed by atoms with Crippen LogP contribution in [-0.4, -0.2) is 23.7 Å². The van der Waals surface area contributed by atoms with Gasteiger partial charge in [-0.2, -0.15) is 5.26 Å².